The number of carbonyl (C=O) groups is 1. The molecule has 2 aromatic rings. The number of nitrogens with zero attached hydrogens (tertiary/aromatic N) is 5. The van der Waals surface area contributed by atoms with Gasteiger partial charge < -0.3 is 78.9 Å². The molecule has 1 amide bonds. The highest BCUT2D eigenvalue weighted by Gasteiger charge is 2.48. The van der Waals surface area contributed by atoms with E-state index in [1.165, 1.54) is 23.3 Å². The molecule has 0 saturated carbocycles. The summed E-state index contributed by atoms with van der Waals surface area (Å²) in [5.41, 5.74) is 11.1. The molecule has 27 heteroatoms. The summed E-state index contributed by atoms with van der Waals surface area (Å²) in [5, 5.41) is 31.4. The van der Waals surface area contributed by atoms with Gasteiger partial charge in [0.2, 0.25) is 5.91 Å². The van der Waals surface area contributed by atoms with Crippen molar-refractivity contribution in [3.63, 3.8) is 0 Å². The van der Waals surface area contributed by atoms with Crippen LogP contribution in [0.2, 0.25) is 0 Å². The Kier molecular flexibility index (Phi) is 10.6. The zero-order chi connectivity index (χ0) is 35.2. The van der Waals surface area contributed by atoms with Gasteiger partial charge in [-0.2, -0.15) is 0 Å². The van der Waals surface area contributed by atoms with Crippen LogP contribution < -0.4 is 31.0 Å². The molecule has 2 fully saturated rings. The van der Waals surface area contributed by atoms with Gasteiger partial charge in [0, 0.05) is 11.8 Å². The van der Waals surface area contributed by atoms with Gasteiger partial charge in [-0.05, 0) is 6.08 Å². The largest absolute Gasteiger partial charge is 0.790 e. The van der Waals surface area contributed by atoms with E-state index < -0.39 is 91.7 Å². The Balaban J connectivity index is 1.19. The van der Waals surface area contributed by atoms with Crippen molar-refractivity contribution in [1.29, 1.82) is 0 Å². The SMILES string of the molecule is NC(=O)C1=CC=CN([C@@H]2O[C@H](COP(=O)([O-])OP(=O)([O-])OC[C@H]3O[C@@H](n4cnc5c(N)ncnc54)C(OP(=O)([O-])[O-])[C@@H]3O)[C@@H](O)[C@H]2O)C1. The number of phosphoric acid groups is 3. The fourth-order valence-corrected chi connectivity index (χ4v) is 7.49. The van der Waals surface area contributed by atoms with Crippen molar-refractivity contribution in [2.75, 3.05) is 25.5 Å². The maximum atomic E-state index is 12.4. The first-order valence-corrected chi connectivity index (χ1v) is 17.8. The molecular formula is C21H26N7O17P3-4. The number of hydrogen-bond donors (Lipinski definition) is 5. The molecule has 0 aromatic carbocycles. The molecule has 0 aliphatic carbocycles. The van der Waals surface area contributed by atoms with Gasteiger partial charge in [-0.25, -0.2) is 19.3 Å². The Morgan fingerprint density at radius 2 is 1.58 bits per heavy atom. The van der Waals surface area contributed by atoms with E-state index in [1.807, 2.05) is 0 Å². The van der Waals surface area contributed by atoms with Crippen LogP contribution in [0.5, 0.6) is 0 Å². The van der Waals surface area contributed by atoms with Gasteiger partial charge >= 0.3 is 0 Å². The highest BCUT2D eigenvalue weighted by Crippen LogP contribution is 2.56. The molecule has 2 saturated heterocycles. The summed E-state index contributed by atoms with van der Waals surface area (Å²) < 4.78 is 65.6. The number of anilines is 1. The molecule has 0 radical (unpaired) electrons. The van der Waals surface area contributed by atoms with Gasteiger partial charge in [0.05, 0.1) is 33.9 Å². The summed E-state index contributed by atoms with van der Waals surface area (Å²) in [6, 6.07) is 0. The lowest BCUT2D eigenvalue weighted by Crippen LogP contribution is -2.43. The lowest BCUT2D eigenvalue weighted by atomic mass is 10.1. The number of amides is 1. The monoisotopic (exact) mass is 741 g/mol. The molecule has 3 aliphatic heterocycles. The number of aliphatic hydroxyl groups excluding tert-OH is 3. The van der Waals surface area contributed by atoms with Gasteiger partial charge in [0.25, 0.3) is 15.6 Å². The molecular weight excluding hydrogens is 715 g/mol. The minimum atomic E-state index is -5.86. The summed E-state index contributed by atoms with van der Waals surface area (Å²) in [7, 11) is -17.4. The van der Waals surface area contributed by atoms with Gasteiger partial charge in [0.1, 0.15) is 48.5 Å². The molecule has 3 aliphatic rings. The molecule has 10 atom stereocenters. The number of phosphoric ester groups is 3. The second-order valence-electron chi connectivity index (χ2n) is 10.3. The fraction of sp³-hybridized carbons (Fsp3) is 0.524. The van der Waals surface area contributed by atoms with E-state index in [-0.39, 0.29) is 29.1 Å². The van der Waals surface area contributed by atoms with E-state index in [0.29, 0.717) is 0 Å². The summed E-state index contributed by atoms with van der Waals surface area (Å²) in [4.78, 5) is 71.9. The zero-order valence-electron chi connectivity index (χ0n) is 23.9. The molecule has 5 heterocycles. The fourth-order valence-electron chi connectivity index (χ4n) is 4.95. The predicted octanol–water partition coefficient (Wildman–Crippen LogP) is -5.44. The Bertz CT molecular complexity index is 1740. The molecule has 5 rings (SSSR count). The summed E-state index contributed by atoms with van der Waals surface area (Å²) >= 11 is 0. The third-order valence-electron chi connectivity index (χ3n) is 7.13. The molecule has 0 spiro atoms. The van der Waals surface area contributed by atoms with E-state index in [4.69, 9.17) is 20.9 Å². The molecule has 2 aromatic heterocycles. The van der Waals surface area contributed by atoms with Crippen molar-refractivity contribution in [1.82, 2.24) is 24.4 Å². The summed E-state index contributed by atoms with van der Waals surface area (Å²) in [6.07, 6.45) is -7.42. The number of nitrogen functional groups attached to an aromatic ring is 1. The number of hydrogen-bond acceptors (Lipinski definition) is 22. The number of nitrogens with two attached hydrogens (primary N) is 2. The van der Waals surface area contributed by atoms with Crippen molar-refractivity contribution in [3.8, 4) is 0 Å². The summed E-state index contributed by atoms with van der Waals surface area (Å²) in [6.45, 7) is -2.36. The Morgan fingerprint density at radius 3 is 2.21 bits per heavy atom. The van der Waals surface area contributed by atoms with E-state index in [9.17, 15) is 53.4 Å². The number of ether oxygens (including phenoxy) is 2. The first-order valence-electron chi connectivity index (χ1n) is 13.4. The van der Waals surface area contributed by atoms with Crippen LogP contribution in [-0.2, 0) is 45.8 Å². The lowest BCUT2D eigenvalue weighted by Gasteiger charge is -2.34. The van der Waals surface area contributed by atoms with Crippen LogP contribution in [-0.4, -0.2) is 108 Å². The van der Waals surface area contributed by atoms with E-state index in [0.717, 1.165) is 17.2 Å². The van der Waals surface area contributed by atoms with Crippen LogP contribution in [0.3, 0.4) is 0 Å². The van der Waals surface area contributed by atoms with Crippen molar-refractivity contribution in [3.05, 3.63) is 36.6 Å². The smallest absolute Gasteiger partial charge is 0.274 e. The number of imidazole rings is 1. The van der Waals surface area contributed by atoms with E-state index in [2.05, 4.69) is 32.8 Å². The van der Waals surface area contributed by atoms with Gasteiger partial charge in [0.15, 0.2) is 23.9 Å². The zero-order valence-corrected chi connectivity index (χ0v) is 26.6. The third kappa shape index (κ3) is 8.17. The van der Waals surface area contributed by atoms with Crippen LogP contribution in [0.1, 0.15) is 6.23 Å². The van der Waals surface area contributed by atoms with Crippen molar-refractivity contribution >= 4 is 46.4 Å². The van der Waals surface area contributed by atoms with Crippen LogP contribution in [0.25, 0.3) is 11.2 Å². The van der Waals surface area contributed by atoms with Gasteiger partial charge in [-0.3, -0.25) is 18.5 Å². The number of aromatic nitrogens is 4. The standard InChI is InChI=1S/C21H30N7O17P3/c22-17-12-19(25-7-24-17)28(8-26-12)21-16(44-46(33,34)35)14(30)11(43-21)6-41-48(38,39)45-47(36,37)40-5-10-13(29)15(31)20(42-10)27-3-1-2-9(4-27)18(23)32/h1-3,7-8,10-11,13-16,20-21,29-31H,4-6H2,(H2,23,32)(H,36,37)(H,38,39)(H2,22,24,25)(H2,33,34,35)/p-4/t10-,11-,13-,14-,15-,16?,20-,21-/m1/s1. The second kappa shape index (κ2) is 13.9. The lowest BCUT2D eigenvalue weighted by molar-refractivity contribution is -0.347. The predicted molar refractivity (Wildman–Crippen MR) is 144 cm³/mol. The maximum Gasteiger partial charge on any atom is 0.274 e. The number of aliphatic hydroxyl groups is 3. The second-order valence-corrected chi connectivity index (χ2v) is 14.4. The number of carbonyl (C=O) groups excluding carboxylic acids is 1. The average Bonchev–Trinajstić information content (AvgIpc) is 3.64. The van der Waals surface area contributed by atoms with E-state index >= 15 is 0 Å². The summed E-state index contributed by atoms with van der Waals surface area (Å²) in [5.74, 6) is -0.849. The molecule has 3 unspecified atom stereocenters. The number of allylic oxidation sites excluding steroid dienone is 2. The first-order chi connectivity index (χ1) is 22.4. The third-order valence-corrected chi connectivity index (χ3v) is 10.2. The minimum Gasteiger partial charge on any atom is -0.790 e. The van der Waals surface area contributed by atoms with Crippen molar-refractivity contribution in [2.24, 2.45) is 5.73 Å². The quantitative estimate of drug-likeness (QED) is 0.120. The highest BCUT2D eigenvalue weighted by molar-refractivity contribution is 7.59. The molecule has 7 N–H and O–H groups in total. The molecule has 48 heavy (non-hydrogen) atoms. The molecule has 266 valence electrons. The topological polar surface area (TPSA) is 375 Å². The molecule has 0 bridgehead atoms. The number of primary amides is 1. The van der Waals surface area contributed by atoms with Gasteiger partial charge in [-0.1, -0.05) is 6.08 Å². The van der Waals surface area contributed by atoms with Crippen LogP contribution in [0, 0.1) is 0 Å². The van der Waals surface area contributed by atoms with Gasteiger partial charge in [-0.15, -0.1) is 0 Å². The van der Waals surface area contributed by atoms with Crippen LogP contribution >= 0.6 is 23.5 Å². The number of fused-ring (bicyclic) bond motifs is 1. The Hall–Kier alpha value is -2.73. The van der Waals surface area contributed by atoms with Crippen LogP contribution in [0.15, 0.2) is 36.6 Å². The highest BCUT2D eigenvalue weighted by atomic mass is 31.3. The minimum absolute atomic E-state index is 0.0170. The molecule has 24 nitrogen and oxygen atoms in total. The normalized spacial score (nSPS) is 31.9. The van der Waals surface area contributed by atoms with Crippen molar-refractivity contribution < 1.29 is 80.7 Å². The maximum absolute atomic E-state index is 12.4. The number of rotatable bonds is 13. The van der Waals surface area contributed by atoms with E-state index in [1.54, 1.807) is 0 Å². The van der Waals surface area contributed by atoms with Crippen LogP contribution in [0.4, 0.5) is 5.82 Å². The Morgan fingerprint density at radius 1 is 0.958 bits per heavy atom. The first kappa shape index (κ1) is 36.5. The van der Waals surface area contributed by atoms with Crippen molar-refractivity contribution in [2.45, 2.75) is 49.1 Å². The average molecular weight is 741 g/mol. The Labute approximate surface area is 268 Å².